The summed E-state index contributed by atoms with van der Waals surface area (Å²) in [5.74, 6) is 0.499. The molecule has 2 aliphatic rings. The number of fused-ring (bicyclic) bond motifs is 4. The third-order valence-electron chi connectivity index (χ3n) is 8.35. The molecular weight excluding hydrogens is 554 g/mol. The van der Waals surface area contributed by atoms with Gasteiger partial charge in [0.1, 0.15) is 0 Å². The second-order valence-electron chi connectivity index (χ2n) is 11.8. The number of aryl methyl sites for hydroxylation is 2. The van der Waals surface area contributed by atoms with Crippen LogP contribution in [0.5, 0.6) is 0 Å². The summed E-state index contributed by atoms with van der Waals surface area (Å²) in [6.07, 6.45) is 1.83. The topological polar surface area (TPSA) is 78.4 Å². The van der Waals surface area contributed by atoms with Crippen molar-refractivity contribution in [1.82, 2.24) is 9.88 Å². The average molecular weight is 592 g/mol. The van der Waals surface area contributed by atoms with E-state index in [4.69, 9.17) is 12.2 Å². The number of piperidine rings is 1. The number of thiocarbonyl (C=S) groups is 1. The van der Waals surface area contributed by atoms with Gasteiger partial charge in [0.2, 0.25) is 0 Å². The van der Waals surface area contributed by atoms with E-state index in [0.29, 0.717) is 23.1 Å². The molecule has 2 atom stereocenters. The first-order chi connectivity index (χ1) is 20.8. The summed E-state index contributed by atoms with van der Waals surface area (Å²) in [4.78, 5) is 28.1. The van der Waals surface area contributed by atoms with Gasteiger partial charge in [0, 0.05) is 55.1 Å². The number of nitrogens with one attached hydrogen (secondary N) is 3. The van der Waals surface area contributed by atoms with Gasteiger partial charge in [-0.1, -0.05) is 42.5 Å². The molecule has 6 rings (SSSR count). The van der Waals surface area contributed by atoms with Gasteiger partial charge in [0.15, 0.2) is 5.11 Å². The maximum atomic E-state index is 13.2. The zero-order valence-electron chi connectivity index (χ0n) is 24.6. The van der Waals surface area contributed by atoms with Crippen molar-refractivity contribution in [1.29, 1.82) is 0 Å². The predicted molar refractivity (Wildman–Crippen MR) is 178 cm³/mol. The van der Waals surface area contributed by atoms with Crippen LogP contribution in [0.4, 0.5) is 17.1 Å². The Kier molecular flexibility index (Phi) is 8.29. The highest BCUT2D eigenvalue weighted by atomic mass is 32.1. The van der Waals surface area contributed by atoms with Gasteiger partial charge in [0.05, 0.1) is 11.4 Å². The summed E-state index contributed by atoms with van der Waals surface area (Å²) in [5.41, 5.74) is 7.93. The molecule has 3 heterocycles. The van der Waals surface area contributed by atoms with Gasteiger partial charge < -0.3 is 25.4 Å². The summed E-state index contributed by atoms with van der Waals surface area (Å²) >= 11 is 5.77. The maximum absolute atomic E-state index is 13.2. The van der Waals surface area contributed by atoms with Crippen molar-refractivity contribution in [3.8, 4) is 0 Å². The van der Waals surface area contributed by atoms with Crippen molar-refractivity contribution in [2.75, 3.05) is 35.2 Å². The first-order valence-electron chi connectivity index (χ1n) is 14.9. The van der Waals surface area contributed by atoms with Crippen LogP contribution in [-0.2, 0) is 13.0 Å². The van der Waals surface area contributed by atoms with Crippen molar-refractivity contribution in [3.63, 3.8) is 0 Å². The van der Waals surface area contributed by atoms with E-state index in [-0.39, 0.29) is 17.4 Å². The lowest BCUT2D eigenvalue weighted by atomic mass is 9.83. The Hall–Kier alpha value is -4.43. The molecule has 2 bridgehead atoms. The van der Waals surface area contributed by atoms with Crippen molar-refractivity contribution in [2.45, 2.75) is 39.2 Å². The van der Waals surface area contributed by atoms with E-state index >= 15 is 0 Å². The van der Waals surface area contributed by atoms with E-state index in [1.807, 2.05) is 47.0 Å². The number of carbonyl (C=O) groups is 1. The number of hydrogen-bond donors (Lipinski definition) is 3. The average Bonchev–Trinajstić information content (AvgIpc) is 2.97. The maximum Gasteiger partial charge on any atom is 0.251 e. The van der Waals surface area contributed by atoms with Crippen LogP contribution in [0.15, 0.2) is 89.7 Å². The number of benzene rings is 3. The second kappa shape index (κ2) is 12.4. The van der Waals surface area contributed by atoms with Crippen LogP contribution in [0.3, 0.4) is 0 Å². The molecule has 220 valence electrons. The lowest BCUT2D eigenvalue weighted by Gasteiger charge is -2.44. The van der Waals surface area contributed by atoms with Crippen LogP contribution >= 0.6 is 12.2 Å². The van der Waals surface area contributed by atoms with Gasteiger partial charge >= 0.3 is 0 Å². The molecule has 0 radical (unpaired) electrons. The summed E-state index contributed by atoms with van der Waals surface area (Å²) in [6.45, 7) is 7.01. The Morgan fingerprint density at radius 1 is 0.884 bits per heavy atom. The number of aromatic nitrogens is 1. The molecule has 7 nitrogen and oxygen atoms in total. The third kappa shape index (κ3) is 6.65. The third-order valence-corrected chi connectivity index (χ3v) is 8.55. The Morgan fingerprint density at radius 2 is 1.67 bits per heavy atom. The minimum atomic E-state index is -0.123. The van der Waals surface area contributed by atoms with Crippen molar-refractivity contribution in [3.05, 3.63) is 123 Å². The van der Waals surface area contributed by atoms with E-state index in [0.717, 1.165) is 66.4 Å². The molecule has 0 aliphatic carbocycles. The highest BCUT2D eigenvalue weighted by molar-refractivity contribution is 7.80. The van der Waals surface area contributed by atoms with Crippen LogP contribution < -0.4 is 26.4 Å². The predicted octanol–water partition coefficient (Wildman–Crippen LogP) is 5.87. The van der Waals surface area contributed by atoms with Gasteiger partial charge in [-0.3, -0.25) is 9.59 Å². The fraction of sp³-hybridized carbons (Fsp3) is 0.286. The van der Waals surface area contributed by atoms with Crippen LogP contribution in [0, 0.1) is 19.8 Å². The van der Waals surface area contributed by atoms with Crippen molar-refractivity contribution >= 4 is 40.3 Å². The Morgan fingerprint density at radius 3 is 2.47 bits per heavy atom. The van der Waals surface area contributed by atoms with Gasteiger partial charge in [-0.25, -0.2) is 0 Å². The number of nitrogens with zero attached hydrogens (tertiary/aromatic N) is 2. The summed E-state index contributed by atoms with van der Waals surface area (Å²) in [6, 6.07) is 27.8. The standard InChI is InChI=1S/C35H37N5O2S/c1-23-15-24(2)17-29(16-23)37-35(43)38-30-19-27(34(42)36-14-13-25-7-4-3-5-8-25)11-12-32(30)39-20-26-18-28(22-39)31-9-6-10-33(41)40(31)21-26/h3-12,15-17,19,26,28H,13-14,18,20-22H2,1-2H3,(H,36,42)(H2,37,38,43)/t26-,28+/m1/s1. The molecule has 3 N–H and O–H groups in total. The van der Waals surface area contributed by atoms with E-state index in [2.05, 4.69) is 71.1 Å². The number of carbonyl (C=O) groups excluding carboxylic acids is 1. The molecule has 1 fully saturated rings. The lowest BCUT2D eigenvalue weighted by molar-refractivity contribution is 0.0954. The minimum Gasteiger partial charge on any atom is -0.369 e. The molecule has 4 aromatic rings. The van der Waals surface area contributed by atoms with E-state index < -0.39 is 0 Å². The van der Waals surface area contributed by atoms with E-state index in [9.17, 15) is 9.59 Å². The first kappa shape index (κ1) is 28.7. The van der Waals surface area contributed by atoms with Gasteiger partial charge in [-0.05, 0) is 97.9 Å². The quantitative estimate of drug-likeness (QED) is 0.234. The van der Waals surface area contributed by atoms with Crippen LogP contribution in [0.25, 0.3) is 0 Å². The molecule has 0 unspecified atom stereocenters. The Balaban J connectivity index is 1.25. The number of amides is 1. The SMILES string of the molecule is Cc1cc(C)cc(NC(=S)Nc2cc(C(=O)NCCc3ccccc3)ccc2N2C[C@H]3C[C@@H](C2)c2cccc(=O)n2C3)c1. The van der Waals surface area contributed by atoms with E-state index in [1.54, 1.807) is 6.07 Å². The molecule has 43 heavy (non-hydrogen) atoms. The fourth-order valence-corrected chi connectivity index (χ4v) is 6.77. The largest absolute Gasteiger partial charge is 0.369 e. The minimum absolute atomic E-state index is 0.0773. The summed E-state index contributed by atoms with van der Waals surface area (Å²) < 4.78 is 1.95. The van der Waals surface area contributed by atoms with Gasteiger partial charge in [0.25, 0.3) is 11.5 Å². The second-order valence-corrected chi connectivity index (χ2v) is 12.2. The van der Waals surface area contributed by atoms with Crippen molar-refractivity contribution in [2.24, 2.45) is 5.92 Å². The molecule has 3 aromatic carbocycles. The van der Waals surface area contributed by atoms with Gasteiger partial charge in [-0.15, -0.1) is 0 Å². The molecule has 2 aliphatic heterocycles. The lowest BCUT2D eigenvalue weighted by Crippen LogP contribution is -2.47. The van der Waals surface area contributed by atoms with Crippen LogP contribution in [-0.4, -0.2) is 35.2 Å². The highest BCUT2D eigenvalue weighted by Gasteiger charge is 2.35. The molecule has 1 amide bonds. The molecule has 1 aromatic heterocycles. The summed E-state index contributed by atoms with van der Waals surface area (Å²) in [7, 11) is 0. The Labute approximate surface area is 257 Å². The number of pyridine rings is 1. The summed E-state index contributed by atoms with van der Waals surface area (Å²) in [5, 5.41) is 10.3. The zero-order chi connectivity index (χ0) is 29.9. The number of hydrogen-bond acceptors (Lipinski definition) is 4. The molecule has 0 spiro atoms. The highest BCUT2D eigenvalue weighted by Crippen LogP contribution is 2.39. The number of rotatable bonds is 7. The zero-order valence-corrected chi connectivity index (χ0v) is 25.4. The van der Waals surface area contributed by atoms with Crippen molar-refractivity contribution < 1.29 is 4.79 Å². The monoisotopic (exact) mass is 591 g/mol. The van der Waals surface area contributed by atoms with Crippen LogP contribution in [0.2, 0.25) is 0 Å². The number of anilines is 3. The molecule has 8 heteroatoms. The fourth-order valence-electron chi connectivity index (χ4n) is 6.54. The Bertz CT molecular complexity index is 1700. The molecule has 1 saturated heterocycles. The van der Waals surface area contributed by atoms with Crippen LogP contribution in [0.1, 0.15) is 45.1 Å². The molecule has 0 saturated carbocycles. The first-order valence-corrected chi connectivity index (χ1v) is 15.3. The molecular formula is C35H37N5O2S. The normalized spacial score (nSPS) is 17.1. The smallest absolute Gasteiger partial charge is 0.251 e. The van der Waals surface area contributed by atoms with Gasteiger partial charge in [-0.2, -0.15) is 0 Å². The van der Waals surface area contributed by atoms with E-state index in [1.165, 1.54) is 5.56 Å².